The van der Waals surface area contributed by atoms with Gasteiger partial charge in [-0.1, -0.05) is 71.8 Å². The van der Waals surface area contributed by atoms with Crippen LogP contribution in [-0.4, -0.2) is 0 Å². The lowest BCUT2D eigenvalue weighted by Crippen LogP contribution is -2.07. The Kier molecular flexibility index (Phi) is 5.22. The summed E-state index contributed by atoms with van der Waals surface area (Å²) < 4.78 is 0. The fourth-order valence-corrected chi connectivity index (χ4v) is 4.42. The van der Waals surface area contributed by atoms with Crippen molar-refractivity contribution in [3.05, 3.63) is 104 Å². The van der Waals surface area contributed by atoms with Crippen molar-refractivity contribution in [2.75, 3.05) is 0 Å². The monoisotopic (exact) mass is 366 g/mol. The van der Waals surface area contributed by atoms with Gasteiger partial charge in [-0.25, -0.2) is 0 Å². The zero-order chi connectivity index (χ0) is 19.7. The molecule has 0 atom stereocenters. The Labute approximate surface area is 169 Å². The van der Waals surface area contributed by atoms with Gasteiger partial charge in [-0.05, 0) is 97.9 Å². The quantitative estimate of drug-likeness (QED) is 0.429. The molecule has 0 aliphatic heterocycles. The molecule has 0 amide bonds. The number of fused-ring (bicyclic) bond motifs is 4. The van der Waals surface area contributed by atoms with Crippen molar-refractivity contribution in [1.82, 2.24) is 0 Å². The molecule has 0 aromatic heterocycles. The summed E-state index contributed by atoms with van der Waals surface area (Å²) in [4.78, 5) is 0. The van der Waals surface area contributed by atoms with Crippen molar-refractivity contribution in [3.63, 3.8) is 0 Å². The van der Waals surface area contributed by atoms with E-state index in [4.69, 9.17) is 0 Å². The third kappa shape index (κ3) is 3.97. The second-order valence-electron chi connectivity index (χ2n) is 8.42. The number of benzene rings is 3. The van der Waals surface area contributed by atoms with Crippen LogP contribution in [0, 0.1) is 27.7 Å². The predicted molar refractivity (Wildman–Crippen MR) is 122 cm³/mol. The van der Waals surface area contributed by atoms with Gasteiger partial charge in [-0.2, -0.15) is 0 Å². The van der Waals surface area contributed by atoms with Crippen LogP contribution in [0.4, 0.5) is 0 Å². The average Bonchev–Trinajstić information content (AvgIpc) is 2.68. The highest BCUT2D eigenvalue weighted by Gasteiger charge is 2.13. The lowest BCUT2D eigenvalue weighted by molar-refractivity contribution is 0.871. The van der Waals surface area contributed by atoms with Crippen LogP contribution >= 0.6 is 0 Å². The maximum atomic E-state index is 2.40. The normalized spacial score (nSPS) is 13.7. The summed E-state index contributed by atoms with van der Waals surface area (Å²) in [5.41, 5.74) is 14.4. The number of aryl methyl sites for hydroxylation is 6. The molecule has 0 heterocycles. The van der Waals surface area contributed by atoms with Crippen molar-refractivity contribution < 1.29 is 0 Å². The summed E-state index contributed by atoms with van der Waals surface area (Å²) in [5, 5.41) is 0. The highest BCUT2D eigenvalue weighted by Crippen LogP contribution is 2.27. The molecule has 0 unspecified atom stereocenters. The topological polar surface area (TPSA) is 0 Å². The maximum absolute atomic E-state index is 2.40. The first-order valence-corrected chi connectivity index (χ1v) is 10.5. The predicted octanol–water partition coefficient (Wildman–Crippen LogP) is 6.97. The molecule has 3 aromatic rings. The maximum Gasteiger partial charge on any atom is -0.0235 e. The van der Waals surface area contributed by atoms with Crippen LogP contribution < -0.4 is 0 Å². The molecule has 1 aliphatic carbocycles. The minimum atomic E-state index is 1.12. The zero-order valence-electron chi connectivity index (χ0n) is 17.6. The molecule has 0 saturated carbocycles. The van der Waals surface area contributed by atoms with E-state index >= 15 is 0 Å². The van der Waals surface area contributed by atoms with Crippen molar-refractivity contribution in [3.8, 4) is 0 Å². The van der Waals surface area contributed by atoms with Crippen molar-refractivity contribution in [1.29, 1.82) is 0 Å². The van der Waals surface area contributed by atoms with E-state index in [1.54, 1.807) is 0 Å². The summed E-state index contributed by atoms with van der Waals surface area (Å²) in [5.74, 6) is 0. The van der Waals surface area contributed by atoms with Crippen LogP contribution in [0.25, 0.3) is 12.2 Å². The molecule has 0 heteroatoms. The fraction of sp³-hybridized carbons (Fsp3) is 0.286. The fourth-order valence-electron chi connectivity index (χ4n) is 4.42. The zero-order valence-corrected chi connectivity index (χ0v) is 17.6. The van der Waals surface area contributed by atoms with Gasteiger partial charge in [-0.15, -0.1) is 0 Å². The van der Waals surface area contributed by atoms with Gasteiger partial charge >= 0.3 is 0 Å². The highest BCUT2D eigenvalue weighted by atomic mass is 14.2. The third-order valence-electron chi connectivity index (χ3n) is 6.29. The summed E-state index contributed by atoms with van der Waals surface area (Å²) in [7, 11) is 0. The molecule has 0 saturated heterocycles. The van der Waals surface area contributed by atoms with Crippen LogP contribution in [-0.2, 0) is 25.7 Å². The van der Waals surface area contributed by atoms with E-state index in [-0.39, 0.29) is 0 Å². The lowest BCUT2D eigenvalue weighted by atomic mass is 9.86. The SMILES string of the molecule is Cc1ccc(/C=C/c2cc3c(C)c(c2)CCc2cc(C)cc(c2C)CC3)cc1. The lowest BCUT2D eigenvalue weighted by Gasteiger charge is -2.19. The van der Waals surface area contributed by atoms with E-state index in [0.29, 0.717) is 0 Å². The summed E-state index contributed by atoms with van der Waals surface area (Å²) in [6.07, 6.45) is 9.01. The number of rotatable bonds is 2. The van der Waals surface area contributed by atoms with Crippen molar-refractivity contribution >= 4 is 12.2 Å². The van der Waals surface area contributed by atoms with Gasteiger partial charge in [0.15, 0.2) is 0 Å². The minimum absolute atomic E-state index is 1.12. The Hall–Kier alpha value is -2.60. The number of hydrogen-bond acceptors (Lipinski definition) is 0. The molecule has 1 aliphatic rings. The molecule has 0 N–H and O–H groups in total. The molecule has 4 rings (SSSR count). The van der Waals surface area contributed by atoms with Gasteiger partial charge in [0.05, 0.1) is 0 Å². The van der Waals surface area contributed by atoms with Crippen LogP contribution in [0.3, 0.4) is 0 Å². The van der Waals surface area contributed by atoms with Crippen LogP contribution in [0.5, 0.6) is 0 Å². The van der Waals surface area contributed by atoms with E-state index in [2.05, 4.69) is 88.4 Å². The van der Waals surface area contributed by atoms with E-state index in [0.717, 1.165) is 25.7 Å². The molecule has 142 valence electrons. The highest BCUT2D eigenvalue weighted by molar-refractivity contribution is 5.70. The summed E-state index contributed by atoms with van der Waals surface area (Å²) in [6, 6.07) is 18.3. The van der Waals surface area contributed by atoms with Gasteiger partial charge in [0, 0.05) is 0 Å². The molecule has 4 bridgehead atoms. The smallest absolute Gasteiger partial charge is 0.0235 e. The van der Waals surface area contributed by atoms with Gasteiger partial charge in [0.2, 0.25) is 0 Å². The van der Waals surface area contributed by atoms with E-state index in [1.807, 2.05) is 0 Å². The van der Waals surface area contributed by atoms with Gasteiger partial charge < -0.3 is 0 Å². The Balaban J connectivity index is 1.68. The second kappa shape index (κ2) is 7.80. The minimum Gasteiger partial charge on any atom is -0.0587 e. The molecule has 0 spiro atoms. The number of hydrogen-bond donors (Lipinski definition) is 0. The van der Waals surface area contributed by atoms with E-state index in [1.165, 1.54) is 55.6 Å². The Morgan fingerprint density at radius 2 is 0.929 bits per heavy atom. The molecular weight excluding hydrogens is 336 g/mol. The summed E-state index contributed by atoms with van der Waals surface area (Å²) >= 11 is 0. The van der Waals surface area contributed by atoms with E-state index < -0.39 is 0 Å². The first kappa shape index (κ1) is 18.7. The Morgan fingerprint density at radius 3 is 1.43 bits per heavy atom. The average molecular weight is 367 g/mol. The van der Waals surface area contributed by atoms with Crippen molar-refractivity contribution in [2.24, 2.45) is 0 Å². The van der Waals surface area contributed by atoms with E-state index in [9.17, 15) is 0 Å². The third-order valence-corrected chi connectivity index (χ3v) is 6.29. The van der Waals surface area contributed by atoms with Gasteiger partial charge in [0.1, 0.15) is 0 Å². The Morgan fingerprint density at radius 1 is 0.500 bits per heavy atom. The molecule has 3 aromatic carbocycles. The van der Waals surface area contributed by atoms with Crippen LogP contribution in [0.1, 0.15) is 55.6 Å². The van der Waals surface area contributed by atoms with Gasteiger partial charge in [0.25, 0.3) is 0 Å². The van der Waals surface area contributed by atoms with Crippen molar-refractivity contribution in [2.45, 2.75) is 53.4 Å². The largest absolute Gasteiger partial charge is 0.0587 e. The molecular formula is C28H30. The standard InChI is InChI=1S/C28H30/c1-19-5-7-23(8-6-19)9-10-24-17-27-13-11-25-15-20(2)16-26(21(25)3)12-14-28(18-24)22(27)4/h5-10,15-18H,11-14H2,1-4H3/b10-9+. The molecule has 28 heavy (non-hydrogen) atoms. The second-order valence-corrected chi connectivity index (χ2v) is 8.42. The van der Waals surface area contributed by atoms with Crippen LogP contribution in [0.15, 0.2) is 48.5 Å². The molecule has 0 radical (unpaired) electrons. The molecule has 0 nitrogen and oxygen atoms in total. The van der Waals surface area contributed by atoms with Gasteiger partial charge in [-0.3, -0.25) is 0 Å². The first-order chi connectivity index (χ1) is 13.5. The Bertz CT molecular complexity index is 982. The first-order valence-electron chi connectivity index (χ1n) is 10.5. The summed E-state index contributed by atoms with van der Waals surface area (Å²) in [6.45, 7) is 8.99. The van der Waals surface area contributed by atoms with Crippen LogP contribution in [0.2, 0.25) is 0 Å². The molecule has 0 fully saturated rings.